The summed E-state index contributed by atoms with van der Waals surface area (Å²) in [6, 6.07) is 3.38. The van der Waals surface area contributed by atoms with Crippen LogP contribution in [-0.4, -0.2) is 21.2 Å². The molecule has 0 bridgehead atoms. The first-order valence-electron chi connectivity index (χ1n) is 5.04. The van der Waals surface area contributed by atoms with Crippen molar-refractivity contribution in [2.75, 3.05) is 12.8 Å². The van der Waals surface area contributed by atoms with Crippen LogP contribution in [0.3, 0.4) is 0 Å². The Morgan fingerprint density at radius 1 is 1.31 bits per heavy atom. The van der Waals surface area contributed by atoms with E-state index in [1.54, 1.807) is 12.1 Å². The van der Waals surface area contributed by atoms with Gasteiger partial charge in [0.25, 0.3) is 0 Å². The van der Waals surface area contributed by atoms with E-state index in [0.29, 0.717) is 11.4 Å². The zero-order chi connectivity index (χ0) is 12.3. The van der Waals surface area contributed by atoms with Gasteiger partial charge in [0.05, 0.1) is 4.90 Å². The minimum atomic E-state index is -3.15. The highest BCUT2D eigenvalue weighted by molar-refractivity contribution is 7.90. The molecular formula is C12H17NO2S. The maximum absolute atomic E-state index is 11.5. The van der Waals surface area contributed by atoms with Crippen LogP contribution in [0.5, 0.6) is 0 Å². The number of sulfone groups is 1. The lowest BCUT2D eigenvalue weighted by molar-refractivity contribution is 0.601. The van der Waals surface area contributed by atoms with Crippen molar-refractivity contribution >= 4 is 15.9 Å². The molecule has 0 aromatic heterocycles. The third-order valence-electron chi connectivity index (χ3n) is 2.54. The highest BCUT2D eigenvalue weighted by atomic mass is 32.2. The van der Waals surface area contributed by atoms with Gasteiger partial charge in [-0.3, -0.25) is 0 Å². The van der Waals surface area contributed by atoms with Crippen LogP contribution in [0.4, 0.5) is 0 Å². The largest absolute Gasteiger partial charge is 0.327 e. The first kappa shape index (κ1) is 12.9. The van der Waals surface area contributed by atoms with Crippen LogP contribution in [0, 0.1) is 13.8 Å². The van der Waals surface area contributed by atoms with E-state index in [4.69, 9.17) is 5.73 Å². The topological polar surface area (TPSA) is 60.2 Å². The van der Waals surface area contributed by atoms with Gasteiger partial charge in [-0.15, -0.1) is 0 Å². The van der Waals surface area contributed by atoms with E-state index in [0.717, 1.165) is 16.7 Å². The monoisotopic (exact) mass is 239 g/mol. The van der Waals surface area contributed by atoms with Gasteiger partial charge in [-0.25, -0.2) is 8.42 Å². The lowest BCUT2D eigenvalue weighted by Gasteiger charge is -2.08. The van der Waals surface area contributed by atoms with E-state index in [1.807, 2.05) is 26.0 Å². The third-order valence-corrected chi connectivity index (χ3v) is 3.63. The molecule has 1 aromatic rings. The quantitative estimate of drug-likeness (QED) is 0.873. The summed E-state index contributed by atoms with van der Waals surface area (Å²) in [5.41, 5.74) is 8.34. The average Bonchev–Trinajstić information content (AvgIpc) is 2.18. The molecule has 0 aliphatic rings. The van der Waals surface area contributed by atoms with Gasteiger partial charge in [0.2, 0.25) is 0 Å². The van der Waals surface area contributed by atoms with Crippen molar-refractivity contribution in [3.63, 3.8) is 0 Å². The summed E-state index contributed by atoms with van der Waals surface area (Å²) in [6.07, 6.45) is 4.89. The van der Waals surface area contributed by atoms with E-state index in [1.165, 1.54) is 6.26 Å². The molecule has 0 unspecified atom stereocenters. The third kappa shape index (κ3) is 2.93. The minimum absolute atomic E-state index is 0.354. The summed E-state index contributed by atoms with van der Waals surface area (Å²) in [6.45, 7) is 4.32. The maximum Gasteiger partial charge on any atom is 0.175 e. The molecule has 88 valence electrons. The van der Waals surface area contributed by atoms with Crippen molar-refractivity contribution in [2.24, 2.45) is 5.73 Å². The van der Waals surface area contributed by atoms with Crippen LogP contribution < -0.4 is 5.73 Å². The van der Waals surface area contributed by atoms with Gasteiger partial charge in [0, 0.05) is 12.8 Å². The number of rotatable bonds is 3. The summed E-state index contributed by atoms with van der Waals surface area (Å²) in [7, 11) is -3.15. The molecule has 0 heterocycles. The molecule has 4 heteroatoms. The van der Waals surface area contributed by atoms with Crippen LogP contribution in [0.2, 0.25) is 0 Å². The van der Waals surface area contributed by atoms with Crippen molar-refractivity contribution in [3.8, 4) is 0 Å². The Morgan fingerprint density at radius 2 is 1.94 bits per heavy atom. The Morgan fingerprint density at radius 3 is 2.44 bits per heavy atom. The van der Waals surface area contributed by atoms with Crippen molar-refractivity contribution in [1.29, 1.82) is 0 Å². The Hall–Kier alpha value is -1.13. The molecule has 16 heavy (non-hydrogen) atoms. The molecule has 0 radical (unpaired) electrons. The lowest BCUT2D eigenvalue weighted by atomic mass is 10.0. The Kier molecular flexibility index (Phi) is 3.88. The summed E-state index contributed by atoms with van der Waals surface area (Å²) in [4.78, 5) is 0.354. The second-order valence-electron chi connectivity index (χ2n) is 3.86. The normalized spacial score (nSPS) is 12.2. The molecule has 2 N–H and O–H groups in total. The molecule has 1 rings (SSSR count). The fraction of sp³-hybridized carbons (Fsp3) is 0.333. The SMILES string of the molecule is Cc1cc(S(C)(=O)=O)cc(/C=C/CN)c1C. The van der Waals surface area contributed by atoms with E-state index in [9.17, 15) is 8.42 Å². The lowest BCUT2D eigenvalue weighted by Crippen LogP contribution is -2.00. The van der Waals surface area contributed by atoms with Crippen molar-refractivity contribution < 1.29 is 8.42 Å². The first-order valence-corrected chi connectivity index (χ1v) is 6.93. The standard InChI is InChI=1S/C12H17NO2S/c1-9-7-12(16(3,14)15)8-11(10(9)2)5-4-6-13/h4-5,7-8H,6,13H2,1-3H3/b5-4+. The van der Waals surface area contributed by atoms with Crippen LogP contribution in [0.25, 0.3) is 6.08 Å². The van der Waals surface area contributed by atoms with Crippen LogP contribution >= 0.6 is 0 Å². The summed E-state index contributed by atoms with van der Waals surface area (Å²) < 4.78 is 22.9. The smallest absolute Gasteiger partial charge is 0.175 e. The second-order valence-corrected chi connectivity index (χ2v) is 5.88. The molecule has 0 amide bonds. The van der Waals surface area contributed by atoms with Crippen molar-refractivity contribution in [3.05, 3.63) is 34.9 Å². The highest BCUT2D eigenvalue weighted by Gasteiger charge is 2.10. The molecular weight excluding hydrogens is 222 g/mol. The zero-order valence-electron chi connectivity index (χ0n) is 9.82. The summed E-state index contributed by atoms with van der Waals surface area (Å²) in [5.74, 6) is 0. The molecule has 0 saturated carbocycles. The van der Waals surface area contributed by atoms with Gasteiger partial charge in [-0.05, 0) is 42.7 Å². The van der Waals surface area contributed by atoms with E-state index in [2.05, 4.69) is 0 Å². The van der Waals surface area contributed by atoms with Gasteiger partial charge in [-0.1, -0.05) is 12.2 Å². The predicted molar refractivity (Wildman–Crippen MR) is 67.1 cm³/mol. The van der Waals surface area contributed by atoms with E-state index in [-0.39, 0.29) is 0 Å². The molecule has 0 aliphatic heterocycles. The van der Waals surface area contributed by atoms with Crippen LogP contribution in [-0.2, 0) is 9.84 Å². The van der Waals surface area contributed by atoms with Crippen LogP contribution in [0.1, 0.15) is 16.7 Å². The zero-order valence-corrected chi connectivity index (χ0v) is 10.6. The Labute approximate surface area is 96.9 Å². The Balaban J connectivity index is 3.39. The molecule has 3 nitrogen and oxygen atoms in total. The number of benzene rings is 1. The number of aryl methyl sites for hydroxylation is 1. The van der Waals surface area contributed by atoms with E-state index >= 15 is 0 Å². The Bertz CT molecular complexity index is 516. The van der Waals surface area contributed by atoms with Crippen LogP contribution in [0.15, 0.2) is 23.1 Å². The molecule has 1 aromatic carbocycles. The minimum Gasteiger partial charge on any atom is -0.327 e. The molecule has 0 fully saturated rings. The van der Waals surface area contributed by atoms with Crippen molar-refractivity contribution in [2.45, 2.75) is 18.7 Å². The molecule has 0 saturated heterocycles. The molecule has 0 spiro atoms. The summed E-state index contributed by atoms with van der Waals surface area (Å²) >= 11 is 0. The summed E-state index contributed by atoms with van der Waals surface area (Å²) in [5, 5.41) is 0. The second kappa shape index (κ2) is 4.80. The van der Waals surface area contributed by atoms with Gasteiger partial charge in [0.1, 0.15) is 0 Å². The van der Waals surface area contributed by atoms with E-state index < -0.39 is 9.84 Å². The number of hydrogen-bond donors (Lipinski definition) is 1. The maximum atomic E-state index is 11.5. The van der Waals surface area contributed by atoms with Gasteiger partial charge >= 0.3 is 0 Å². The van der Waals surface area contributed by atoms with Crippen molar-refractivity contribution in [1.82, 2.24) is 0 Å². The average molecular weight is 239 g/mol. The molecule has 0 atom stereocenters. The fourth-order valence-corrected chi connectivity index (χ4v) is 2.17. The fourth-order valence-electron chi connectivity index (χ4n) is 1.43. The number of nitrogens with two attached hydrogens (primary N) is 1. The first-order chi connectivity index (χ1) is 7.36. The molecule has 0 aliphatic carbocycles. The predicted octanol–water partition coefficient (Wildman–Crippen LogP) is 1.68. The van der Waals surface area contributed by atoms with Gasteiger partial charge < -0.3 is 5.73 Å². The highest BCUT2D eigenvalue weighted by Crippen LogP contribution is 2.20. The van der Waals surface area contributed by atoms with Gasteiger partial charge in [0.15, 0.2) is 9.84 Å². The van der Waals surface area contributed by atoms with Gasteiger partial charge in [-0.2, -0.15) is 0 Å². The number of hydrogen-bond acceptors (Lipinski definition) is 3.